The number of hydrogen-bond donors (Lipinski definition) is 1. The van der Waals surface area contributed by atoms with Gasteiger partial charge >= 0.3 is 0 Å². The largest absolute Gasteiger partial charge is 0.361 e. The molecule has 114 valence electrons. The van der Waals surface area contributed by atoms with E-state index in [2.05, 4.69) is 18.9 Å². The zero-order valence-corrected chi connectivity index (χ0v) is 13.0. The molecule has 4 nitrogen and oxygen atoms in total. The van der Waals surface area contributed by atoms with E-state index in [4.69, 9.17) is 4.74 Å². The van der Waals surface area contributed by atoms with E-state index in [9.17, 15) is 5.21 Å². The van der Waals surface area contributed by atoms with Crippen molar-refractivity contribution in [1.82, 2.24) is 4.90 Å². The van der Waals surface area contributed by atoms with Crippen LogP contribution in [0, 0.1) is 0 Å². The lowest BCUT2D eigenvalue weighted by molar-refractivity contribution is -0.788. The minimum atomic E-state index is -0.0566. The van der Waals surface area contributed by atoms with Crippen LogP contribution < -0.4 is 0 Å². The van der Waals surface area contributed by atoms with E-state index in [1.807, 2.05) is 30.3 Å². The van der Waals surface area contributed by atoms with Crippen molar-refractivity contribution in [3.63, 3.8) is 0 Å². The van der Waals surface area contributed by atoms with Crippen molar-refractivity contribution in [1.29, 1.82) is 0 Å². The zero-order valence-electron chi connectivity index (χ0n) is 13.0. The average Bonchev–Trinajstić information content (AvgIpc) is 2.81. The molecule has 3 rings (SSSR count). The molecule has 2 saturated heterocycles. The first-order valence-corrected chi connectivity index (χ1v) is 7.80. The molecular formula is C17H25N2O2+. The summed E-state index contributed by atoms with van der Waals surface area (Å²) in [5, 5.41) is 10.4. The van der Waals surface area contributed by atoms with Crippen LogP contribution in [0.2, 0.25) is 0 Å². The normalized spacial score (nSPS) is 28.0. The van der Waals surface area contributed by atoms with Gasteiger partial charge in [-0.1, -0.05) is 30.3 Å². The Balaban J connectivity index is 1.74. The number of benzene rings is 1. The van der Waals surface area contributed by atoms with Crippen LogP contribution in [0.1, 0.15) is 31.7 Å². The van der Waals surface area contributed by atoms with Gasteiger partial charge in [0.2, 0.25) is 12.3 Å². The van der Waals surface area contributed by atoms with Crippen molar-refractivity contribution in [2.24, 2.45) is 0 Å². The molecule has 1 N–H and O–H groups in total. The summed E-state index contributed by atoms with van der Waals surface area (Å²) < 4.78 is 7.64. The fraction of sp³-hybridized carbons (Fsp3) is 0.588. The van der Waals surface area contributed by atoms with Gasteiger partial charge in [-0.25, -0.2) is 0 Å². The Hall–Kier alpha value is -1.39. The number of likely N-dealkylation sites (tertiary alicyclic amines) is 1. The third kappa shape index (κ3) is 3.11. The van der Waals surface area contributed by atoms with Crippen molar-refractivity contribution >= 4 is 5.71 Å². The van der Waals surface area contributed by atoms with Gasteiger partial charge in [0.25, 0.3) is 0 Å². The highest BCUT2D eigenvalue weighted by atomic mass is 16.5. The lowest BCUT2D eigenvalue weighted by atomic mass is 9.88. The van der Waals surface area contributed by atoms with Gasteiger partial charge in [-0.3, -0.25) is 5.21 Å². The summed E-state index contributed by atoms with van der Waals surface area (Å²) in [6.45, 7) is 4.73. The maximum atomic E-state index is 10.4. The first kappa shape index (κ1) is 14.5. The van der Waals surface area contributed by atoms with Crippen LogP contribution in [0.3, 0.4) is 0 Å². The summed E-state index contributed by atoms with van der Waals surface area (Å²) in [7, 11) is 2.16. The van der Waals surface area contributed by atoms with E-state index in [0.29, 0.717) is 6.54 Å². The molecule has 0 bridgehead atoms. The molecule has 2 heterocycles. The minimum absolute atomic E-state index is 0.00196. The highest BCUT2D eigenvalue weighted by Gasteiger charge is 2.48. The van der Waals surface area contributed by atoms with Crippen LogP contribution >= 0.6 is 0 Å². The van der Waals surface area contributed by atoms with Gasteiger partial charge in [0, 0.05) is 18.7 Å². The monoisotopic (exact) mass is 289 g/mol. The van der Waals surface area contributed by atoms with Crippen molar-refractivity contribution in [3.8, 4) is 0 Å². The second-order valence-corrected chi connectivity index (χ2v) is 6.46. The minimum Gasteiger partial charge on any atom is -0.361 e. The summed E-state index contributed by atoms with van der Waals surface area (Å²) in [6.07, 6.45) is 2.96. The van der Waals surface area contributed by atoms with E-state index in [1.54, 1.807) is 0 Å². The lowest BCUT2D eigenvalue weighted by Crippen LogP contribution is -2.42. The molecule has 1 spiro atoms. The molecule has 0 aliphatic carbocycles. The SMILES string of the molecule is CC1OC2(CCN(C)CC2)C/C1=[N+](/O)Cc1ccccc1. The average molecular weight is 289 g/mol. The maximum absolute atomic E-state index is 10.4. The Kier molecular flexibility index (Phi) is 4.00. The summed E-state index contributed by atoms with van der Waals surface area (Å²) in [6, 6.07) is 10.1. The van der Waals surface area contributed by atoms with E-state index < -0.39 is 0 Å². The standard InChI is InChI=1S/C17H25N2O2/c1-14-16(19(20)13-15-6-4-3-5-7-15)12-17(21-14)8-10-18(2)11-9-17/h3-7,14,20H,8-13H2,1-2H3/q+1/b19-16-. The van der Waals surface area contributed by atoms with Crippen molar-refractivity contribution in [2.45, 2.75) is 44.4 Å². The lowest BCUT2D eigenvalue weighted by Gasteiger charge is -2.36. The number of piperidine rings is 1. The van der Waals surface area contributed by atoms with E-state index in [-0.39, 0.29) is 11.7 Å². The van der Waals surface area contributed by atoms with Gasteiger partial charge in [-0.2, -0.15) is 0 Å². The maximum Gasteiger partial charge on any atom is 0.235 e. The van der Waals surface area contributed by atoms with Crippen molar-refractivity contribution in [2.75, 3.05) is 20.1 Å². The predicted molar refractivity (Wildman–Crippen MR) is 81.8 cm³/mol. The van der Waals surface area contributed by atoms with Gasteiger partial charge < -0.3 is 9.64 Å². The number of hydrogen-bond acceptors (Lipinski definition) is 3. The molecule has 1 aromatic rings. The Morgan fingerprint density at radius 1 is 1.29 bits per heavy atom. The topological polar surface area (TPSA) is 35.7 Å². The molecule has 0 aromatic heterocycles. The fourth-order valence-electron chi connectivity index (χ4n) is 3.44. The summed E-state index contributed by atoms with van der Waals surface area (Å²) >= 11 is 0. The second kappa shape index (κ2) is 5.78. The van der Waals surface area contributed by atoms with Crippen LogP contribution in [0.4, 0.5) is 0 Å². The van der Waals surface area contributed by atoms with Crippen LogP contribution in [-0.4, -0.2) is 52.4 Å². The molecule has 2 aliphatic rings. The third-order valence-corrected chi connectivity index (χ3v) is 4.80. The molecule has 4 heteroatoms. The predicted octanol–water partition coefficient (Wildman–Crippen LogP) is 2.30. The molecular weight excluding hydrogens is 264 g/mol. The van der Waals surface area contributed by atoms with Gasteiger partial charge in [0.1, 0.15) is 6.10 Å². The van der Waals surface area contributed by atoms with Crippen LogP contribution in [-0.2, 0) is 11.3 Å². The number of ether oxygens (including phenoxy) is 1. The number of nitrogens with zero attached hydrogens (tertiary/aromatic N) is 2. The Morgan fingerprint density at radius 2 is 1.95 bits per heavy atom. The van der Waals surface area contributed by atoms with Crippen LogP contribution in [0.15, 0.2) is 30.3 Å². The zero-order chi connectivity index (χ0) is 14.9. The molecule has 2 fully saturated rings. The Bertz CT molecular complexity index is 519. The first-order chi connectivity index (χ1) is 10.1. The van der Waals surface area contributed by atoms with Crippen LogP contribution in [0.25, 0.3) is 0 Å². The molecule has 0 radical (unpaired) electrons. The molecule has 1 atom stereocenters. The van der Waals surface area contributed by atoms with Gasteiger partial charge in [0.05, 0.1) is 12.0 Å². The van der Waals surface area contributed by atoms with E-state index >= 15 is 0 Å². The summed E-state index contributed by atoms with van der Waals surface area (Å²) in [4.78, 5) is 2.35. The first-order valence-electron chi connectivity index (χ1n) is 7.80. The molecule has 1 aromatic carbocycles. The molecule has 0 amide bonds. The van der Waals surface area contributed by atoms with Gasteiger partial charge in [-0.15, -0.1) is 0 Å². The smallest absolute Gasteiger partial charge is 0.235 e. The molecule has 2 aliphatic heterocycles. The van der Waals surface area contributed by atoms with Crippen molar-refractivity contribution < 1.29 is 14.7 Å². The van der Waals surface area contributed by atoms with E-state index in [0.717, 1.165) is 43.6 Å². The fourth-order valence-corrected chi connectivity index (χ4v) is 3.44. The second-order valence-electron chi connectivity index (χ2n) is 6.46. The van der Waals surface area contributed by atoms with Gasteiger partial charge in [-0.05, 0) is 31.6 Å². The Labute approximate surface area is 126 Å². The van der Waals surface area contributed by atoms with Crippen molar-refractivity contribution in [3.05, 3.63) is 35.9 Å². The number of hydroxylamine groups is 1. The molecule has 1 unspecified atom stereocenters. The number of rotatable bonds is 2. The van der Waals surface area contributed by atoms with E-state index in [1.165, 1.54) is 4.74 Å². The summed E-state index contributed by atoms with van der Waals surface area (Å²) in [5.41, 5.74) is 2.08. The van der Waals surface area contributed by atoms with Crippen LogP contribution in [0.5, 0.6) is 0 Å². The highest BCUT2D eigenvalue weighted by Crippen LogP contribution is 2.37. The molecule has 0 saturated carbocycles. The molecule has 21 heavy (non-hydrogen) atoms. The summed E-state index contributed by atoms with van der Waals surface area (Å²) in [5.74, 6) is 0. The quantitative estimate of drug-likeness (QED) is 0.515. The Morgan fingerprint density at radius 3 is 2.62 bits per heavy atom. The third-order valence-electron chi connectivity index (χ3n) is 4.80. The highest BCUT2D eigenvalue weighted by molar-refractivity contribution is 5.86. The van der Waals surface area contributed by atoms with Gasteiger partial charge in [0.15, 0.2) is 0 Å².